The van der Waals surface area contributed by atoms with E-state index in [9.17, 15) is 17.2 Å². The lowest BCUT2D eigenvalue weighted by molar-refractivity contribution is 0.600. The summed E-state index contributed by atoms with van der Waals surface area (Å²) in [6.45, 7) is 1.86. The Balaban J connectivity index is 1.54. The highest BCUT2D eigenvalue weighted by molar-refractivity contribution is 7.92. The van der Waals surface area contributed by atoms with E-state index in [-0.39, 0.29) is 5.82 Å². The summed E-state index contributed by atoms with van der Waals surface area (Å²) < 4.78 is 61.6. The van der Waals surface area contributed by atoms with E-state index in [1.165, 1.54) is 25.2 Å². The Hall–Kier alpha value is -5.09. The number of nitrogens with zero attached hydrogens (tertiary/aromatic N) is 2. The molecule has 0 radical (unpaired) electrons. The first-order valence-corrected chi connectivity index (χ1v) is 15.8. The van der Waals surface area contributed by atoms with Gasteiger partial charge in [-0.05, 0) is 55.0 Å². The van der Waals surface area contributed by atoms with E-state index in [0.717, 1.165) is 15.9 Å². The Morgan fingerprint density at radius 3 is 2.48 bits per heavy atom. The van der Waals surface area contributed by atoms with Crippen LogP contribution in [-0.2, 0) is 10.0 Å². The number of benzene rings is 4. The summed E-state index contributed by atoms with van der Waals surface area (Å²) in [5, 5.41) is 11.4. The summed E-state index contributed by atoms with van der Waals surface area (Å²) >= 11 is 0. The van der Waals surface area contributed by atoms with Crippen LogP contribution >= 0.6 is 0 Å². The van der Waals surface area contributed by atoms with E-state index < -0.39 is 15.8 Å². The van der Waals surface area contributed by atoms with Crippen LogP contribution in [0.5, 0.6) is 0 Å². The summed E-state index contributed by atoms with van der Waals surface area (Å²) in [6, 6.07) is 21.6. The van der Waals surface area contributed by atoms with Crippen LogP contribution in [-0.4, -0.2) is 37.4 Å². The highest BCUT2D eigenvalue weighted by atomic mass is 32.2. The van der Waals surface area contributed by atoms with Gasteiger partial charge in [0.25, 0.3) is 0 Å². The molecular weight excluding hydrogens is 582 g/mol. The molecule has 0 unspecified atom stereocenters. The standard InChI is InChI=1S/C34H26F2N4O3S/c1-4-25(37)31-23-16-22(28(40(2)44(3,41)42)17-29(23)43-34(31)19-8-12-20(35)13-9-19)26-15-11-18-10-14-21-30-24(36)6-5-7-27(30)39-33(21)32(18)38-26/h5-17,37,39H,4H2,1-3H3. The molecule has 3 aromatic heterocycles. The number of H-pyrrole nitrogens is 1. The first-order chi connectivity index (χ1) is 21.0. The minimum Gasteiger partial charge on any atom is -0.455 e. The van der Waals surface area contributed by atoms with E-state index in [1.807, 2.05) is 37.3 Å². The summed E-state index contributed by atoms with van der Waals surface area (Å²) in [5.74, 6) is -0.342. The molecule has 7 rings (SSSR count). The van der Waals surface area contributed by atoms with Gasteiger partial charge in [0.1, 0.15) is 23.0 Å². The lowest BCUT2D eigenvalue weighted by Gasteiger charge is -2.20. The number of rotatable bonds is 6. The molecule has 0 spiro atoms. The number of furan rings is 1. The summed E-state index contributed by atoms with van der Waals surface area (Å²) in [5.41, 5.74) is 5.05. The Kier molecular flexibility index (Phi) is 6.29. The molecule has 0 aliphatic carbocycles. The largest absolute Gasteiger partial charge is 0.455 e. The average molecular weight is 609 g/mol. The maximum Gasteiger partial charge on any atom is 0.232 e. The van der Waals surface area contributed by atoms with Crippen molar-refractivity contribution in [1.82, 2.24) is 9.97 Å². The molecule has 7 aromatic rings. The van der Waals surface area contributed by atoms with Gasteiger partial charge in [-0.25, -0.2) is 22.2 Å². The molecule has 0 fully saturated rings. The van der Waals surface area contributed by atoms with Crippen molar-refractivity contribution in [3.63, 3.8) is 0 Å². The van der Waals surface area contributed by atoms with Crippen LogP contribution < -0.4 is 4.31 Å². The van der Waals surface area contributed by atoms with E-state index in [0.29, 0.717) is 84.3 Å². The fourth-order valence-corrected chi connectivity index (χ4v) is 6.28. The Bertz CT molecular complexity index is 2410. The van der Waals surface area contributed by atoms with Gasteiger partial charge in [0.15, 0.2) is 0 Å². The third-order valence-corrected chi connectivity index (χ3v) is 9.28. The second kappa shape index (κ2) is 9.99. The van der Waals surface area contributed by atoms with Crippen LogP contribution in [0.1, 0.15) is 18.9 Å². The van der Waals surface area contributed by atoms with Gasteiger partial charge in [0, 0.05) is 62.6 Å². The second-order valence-electron chi connectivity index (χ2n) is 10.8. The number of halogens is 2. The van der Waals surface area contributed by atoms with E-state index >= 15 is 0 Å². The highest BCUT2D eigenvalue weighted by Gasteiger charge is 2.25. The predicted octanol–water partition coefficient (Wildman–Crippen LogP) is 8.40. The number of hydrogen-bond acceptors (Lipinski definition) is 5. The Morgan fingerprint density at radius 2 is 1.75 bits per heavy atom. The SMILES string of the molecule is CCC(=N)c1c(-c2ccc(F)cc2)oc2cc(N(C)S(C)(=O)=O)c(-c3ccc4ccc5c([nH]c6cccc(F)c65)c4n3)cc12. The van der Waals surface area contributed by atoms with Crippen LogP contribution in [0.3, 0.4) is 0 Å². The van der Waals surface area contributed by atoms with Gasteiger partial charge in [-0.2, -0.15) is 0 Å². The van der Waals surface area contributed by atoms with Gasteiger partial charge in [-0.15, -0.1) is 0 Å². The van der Waals surface area contributed by atoms with Crippen molar-refractivity contribution >= 4 is 65.1 Å². The first kappa shape index (κ1) is 27.7. The van der Waals surface area contributed by atoms with Gasteiger partial charge in [0.05, 0.1) is 28.7 Å². The molecule has 0 aliphatic rings. The Labute approximate surface area is 251 Å². The van der Waals surface area contributed by atoms with Crippen molar-refractivity contribution < 1.29 is 21.6 Å². The van der Waals surface area contributed by atoms with Crippen LogP contribution in [0.25, 0.3) is 66.3 Å². The van der Waals surface area contributed by atoms with Crippen molar-refractivity contribution in [2.75, 3.05) is 17.6 Å². The zero-order valence-corrected chi connectivity index (χ0v) is 24.8. The first-order valence-electron chi connectivity index (χ1n) is 13.9. The van der Waals surface area contributed by atoms with Crippen LogP contribution in [0.15, 0.2) is 83.3 Å². The van der Waals surface area contributed by atoms with Crippen molar-refractivity contribution in [1.29, 1.82) is 5.41 Å². The number of sulfonamides is 1. The average Bonchev–Trinajstić information content (AvgIpc) is 3.58. The molecule has 2 N–H and O–H groups in total. The number of pyridine rings is 1. The minimum atomic E-state index is -3.70. The molecule has 0 saturated heterocycles. The number of aromatic amines is 1. The maximum absolute atomic E-state index is 14.8. The maximum atomic E-state index is 14.8. The predicted molar refractivity (Wildman–Crippen MR) is 172 cm³/mol. The summed E-state index contributed by atoms with van der Waals surface area (Å²) in [7, 11) is -2.25. The number of hydrogen-bond donors (Lipinski definition) is 2. The normalized spacial score (nSPS) is 12.1. The van der Waals surface area contributed by atoms with Crippen molar-refractivity contribution in [2.24, 2.45) is 0 Å². The molecule has 0 aliphatic heterocycles. The molecule has 0 bridgehead atoms. The molecule has 0 amide bonds. The zero-order valence-electron chi connectivity index (χ0n) is 24.0. The molecule has 0 saturated carbocycles. The molecule has 10 heteroatoms. The van der Waals surface area contributed by atoms with Gasteiger partial charge in [-0.1, -0.05) is 31.2 Å². The van der Waals surface area contributed by atoms with Crippen LogP contribution in [0.2, 0.25) is 0 Å². The number of fused-ring (bicyclic) bond motifs is 6. The molecule has 44 heavy (non-hydrogen) atoms. The van der Waals surface area contributed by atoms with Gasteiger partial charge in [0.2, 0.25) is 10.0 Å². The molecule has 220 valence electrons. The fourth-order valence-electron chi connectivity index (χ4n) is 5.77. The number of nitrogens with one attached hydrogen (secondary N) is 2. The third kappa shape index (κ3) is 4.32. The van der Waals surface area contributed by atoms with Crippen molar-refractivity contribution in [3.8, 4) is 22.6 Å². The molecule has 4 aromatic carbocycles. The second-order valence-corrected chi connectivity index (χ2v) is 12.8. The minimum absolute atomic E-state index is 0.312. The van der Waals surface area contributed by atoms with Crippen molar-refractivity contribution in [3.05, 3.63) is 96.1 Å². The fraction of sp³-hybridized carbons (Fsp3) is 0.118. The Morgan fingerprint density at radius 1 is 1.00 bits per heavy atom. The van der Waals surface area contributed by atoms with Crippen LogP contribution in [0, 0.1) is 17.0 Å². The van der Waals surface area contributed by atoms with Crippen molar-refractivity contribution in [2.45, 2.75) is 13.3 Å². The molecule has 7 nitrogen and oxygen atoms in total. The van der Waals surface area contributed by atoms with E-state index in [4.69, 9.17) is 14.8 Å². The quantitative estimate of drug-likeness (QED) is 0.185. The monoisotopic (exact) mass is 608 g/mol. The molecule has 3 heterocycles. The van der Waals surface area contributed by atoms with E-state index in [1.54, 1.807) is 30.3 Å². The zero-order chi connectivity index (χ0) is 30.9. The third-order valence-electron chi connectivity index (χ3n) is 8.09. The lowest BCUT2D eigenvalue weighted by Crippen LogP contribution is -2.25. The van der Waals surface area contributed by atoms with Gasteiger partial charge >= 0.3 is 0 Å². The molecule has 0 atom stereocenters. The number of aromatic nitrogens is 2. The smallest absolute Gasteiger partial charge is 0.232 e. The number of anilines is 1. The van der Waals surface area contributed by atoms with Crippen LogP contribution in [0.4, 0.5) is 14.5 Å². The topological polar surface area (TPSA) is 103 Å². The van der Waals surface area contributed by atoms with E-state index in [2.05, 4.69) is 4.98 Å². The highest BCUT2D eigenvalue weighted by Crippen LogP contribution is 2.42. The lowest BCUT2D eigenvalue weighted by atomic mass is 9.97. The summed E-state index contributed by atoms with van der Waals surface area (Å²) in [6.07, 6.45) is 1.52. The van der Waals surface area contributed by atoms with Gasteiger partial charge < -0.3 is 14.8 Å². The molecular formula is C34H26F2N4O3S. The summed E-state index contributed by atoms with van der Waals surface area (Å²) in [4.78, 5) is 8.31. The van der Waals surface area contributed by atoms with Gasteiger partial charge in [-0.3, -0.25) is 4.31 Å².